The van der Waals surface area contributed by atoms with E-state index in [9.17, 15) is 0 Å². The van der Waals surface area contributed by atoms with E-state index in [2.05, 4.69) is 44.0 Å². The summed E-state index contributed by atoms with van der Waals surface area (Å²) < 4.78 is 5.56. The number of hydrogen-bond acceptors (Lipinski definition) is 8. The van der Waals surface area contributed by atoms with Crippen molar-refractivity contribution in [3.05, 3.63) is 11.5 Å². The van der Waals surface area contributed by atoms with Gasteiger partial charge in [0.25, 0.3) is 5.22 Å². The van der Waals surface area contributed by atoms with Gasteiger partial charge in [-0.2, -0.15) is 15.0 Å². The molecule has 2 rings (SSSR count). The number of nitrogens with one attached hydrogen (secondary N) is 1. The van der Waals surface area contributed by atoms with Crippen molar-refractivity contribution in [2.45, 2.75) is 38.1 Å². The molecule has 21 heavy (non-hydrogen) atoms. The lowest BCUT2D eigenvalue weighted by Gasteiger charge is -2.18. The minimum atomic E-state index is 0.536. The first kappa shape index (κ1) is 15.6. The van der Waals surface area contributed by atoms with Gasteiger partial charge in [-0.1, -0.05) is 0 Å². The molecule has 0 spiro atoms. The van der Waals surface area contributed by atoms with Gasteiger partial charge in [-0.15, -0.1) is 0 Å². The van der Waals surface area contributed by atoms with Crippen LogP contribution in [0, 0.1) is 13.8 Å². The topological polar surface area (TPSA) is 80.0 Å². The molecule has 2 aromatic heterocycles. The van der Waals surface area contributed by atoms with E-state index >= 15 is 0 Å². The second-order valence-corrected chi connectivity index (χ2v) is 5.31. The Labute approximate surface area is 128 Å². The second-order valence-electron chi connectivity index (χ2n) is 4.39. The number of aryl methyl sites for hydroxylation is 2. The summed E-state index contributed by atoms with van der Waals surface area (Å²) in [5.41, 5.74) is 0.879. The van der Waals surface area contributed by atoms with Gasteiger partial charge in [0.05, 0.1) is 5.69 Å². The summed E-state index contributed by atoms with van der Waals surface area (Å²) in [6.45, 7) is 9.62. The van der Waals surface area contributed by atoms with Crippen LogP contribution in [0.4, 0.5) is 11.9 Å². The zero-order chi connectivity index (χ0) is 15.4. The second kappa shape index (κ2) is 6.75. The zero-order valence-corrected chi connectivity index (χ0v) is 13.8. The molecule has 2 heterocycles. The maximum atomic E-state index is 5.56. The van der Waals surface area contributed by atoms with Crippen molar-refractivity contribution in [1.29, 1.82) is 0 Å². The Morgan fingerprint density at radius 3 is 2.33 bits per heavy atom. The van der Waals surface area contributed by atoms with E-state index in [1.54, 1.807) is 7.05 Å². The molecule has 7 nitrogen and oxygen atoms in total. The normalized spacial score (nSPS) is 10.7. The molecule has 0 aliphatic rings. The Morgan fingerprint density at radius 2 is 1.81 bits per heavy atom. The minimum absolute atomic E-state index is 0.536. The molecular weight excluding hydrogens is 288 g/mol. The summed E-state index contributed by atoms with van der Waals surface area (Å²) in [5.74, 6) is 2.00. The van der Waals surface area contributed by atoms with Crippen LogP contribution in [0.25, 0.3) is 0 Å². The number of aromatic nitrogens is 4. The maximum Gasteiger partial charge on any atom is 0.264 e. The van der Waals surface area contributed by atoms with E-state index in [1.165, 1.54) is 11.8 Å². The van der Waals surface area contributed by atoms with Crippen molar-refractivity contribution < 1.29 is 4.42 Å². The van der Waals surface area contributed by atoms with E-state index in [0.717, 1.165) is 24.5 Å². The van der Waals surface area contributed by atoms with E-state index in [0.29, 0.717) is 22.3 Å². The monoisotopic (exact) mass is 308 g/mol. The summed E-state index contributed by atoms with van der Waals surface area (Å²) in [7, 11) is 1.79. The number of rotatable bonds is 6. The summed E-state index contributed by atoms with van der Waals surface area (Å²) in [4.78, 5) is 19.6. The van der Waals surface area contributed by atoms with Gasteiger partial charge in [0.2, 0.25) is 17.1 Å². The molecule has 0 aromatic carbocycles. The van der Waals surface area contributed by atoms with Crippen molar-refractivity contribution in [2.75, 3.05) is 30.4 Å². The average molecular weight is 308 g/mol. The Kier molecular flexibility index (Phi) is 5.00. The van der Waals surface area contributed by atoms with Crippen LogP contribution in [-0.2, 0) is 0 Å². The molecule has 0 radical (unpaired) electrons. The van der Waals surface area contributed by atoms with Crippen LogP contribution in [-0.4, -0.2) is 40.1 Å². The fourth-order valence-corrected chi connectivity index (χ4v) is 2.48. The van der Waals surface area contributed by atoms with Crippen molar-refractivity contribution in [3.63, 3.8) is 0 Å². The molecule has 0 saturated carbocycles. The molecule has 114 valence electrons. The highest BCUT2D eigenvalue weighted by Crippen LogP contribution is 2.27. The lowest BCUT2D eigenvalue weighted by molar-refractivity contribution is 0.430. The zero-order valence-electron chi connectivity index (χ0n) is 13.0. The minimum Gasteiger partial charge on any atom is -0.436 e. The molecule has 8 heteroatoms. The van der Waals surface area contributed by atoms with Gasteiger partial charge < -0.3 is 14.6 Å². The van der Waals surface area contributed by atoms with E-state index in [1.807, 2.05) is 13.8 Å². The SMILES string of the molecule is CCN(CC)c1nc(NC)nc(Sc2nc(C)c(C)o2)n1. The van der Waals surface area contributed by atoms with Crippen molar-refractivity contribution in [3.8, 4) is 0 Å². The quantitative estimate of drug-likeness (QED) is 0.872. The van der Waals surface area contributed by atoms with Crippen LogP contribution < -0.4 is 10.2 Å². The first-order chi connectivity index (χ1) is 10.1. The van der Waals surface area contributed by atoms with Gasteiger partial charge in [0.15, 0.2) is 0 Å². The number of hydrogen-bond donors (Lipinski definition) is 1. The van der Waals surface area contributed by atoms with Crippen molar-refractivity contribution in [2.24, 2.45) is 0 Å². The third-order valence-corrected chi connectivity index (χ3v) is 3.77. The highest BCUT2D eigenvalue weighted by Gasteiger charge is 2.14. The molecule has 2 aromatic rings. The van der Waals surface area contributed by atoms with Gasteiger partial charge in [0, 0.05) is 31.9 Å². The van der Waals surface area contributed by atoms with Gasteiger partial charge in [-0.25, -0.2) is 4.98 Å². The van der Waals surface area contributed by atoms with Gasteiger partial charge >= 0.3 is 0 Å². The first-order valence-corrected chi connectivity index (χ1v) is 7.69. The Bertz CT molecular complexity index is 591. The lowest BCUT2D eigenvalue weighted by atomic mass is 10.4. The molecule has 0 bridgehead atoms. The molecule has 0 amide bonds. The third kappa shape index (κ3) is 3.63. The Hall–Kier alpha value is -1.83. The van der Waals surface area contributed by atoms with Gasteiger partial charge in [0.1, 0.15) is 5.76 Å². The van der Waals surface area contributed by atoms with Gasteiger partial charge in [-0.05, 0) is 27.7 Å². The third-order valence-electron chi connectivity index (χ3n) is 3.06. The van der Waals surface area contributed by atoms with Crippen LogP contribution in [0.5, 0.6) is 0 Å². The highest BCUT2D eigenvalue weighted by atomic mass is 32.2. The standard InChI is InChI=1S/C13H20N6OS/c1-6-19(7-2)11-16-10(14-5)17-12(18-11)21-13-15-8(3)9(4)20-13/h6-7H2,1-5H3,(H,14,16,17,18). The smallest absolute Gasteiger partial charge is 0.264 e. The fourth-order valence-electron chi connectivity index (χ4n) is 1.72. The van der Waals surface area contributed by atoms with Crippen LogP contribution >= 0.6 is 11.8 Å². The lowest BCUT2D eigenvalue weighted by Crippen LogP contribution is -2.25. The van der Waals surface area contributed by atoms with E-state index < -0.39 is 0 Å². The van der Waals surface area contributed by atoms with E-state index in [-0.39, 0.29) is 0 Å². The number of anilines is 2. The number of oxazole rings is 1. The average Bonchev–Trinajstić information content (AvgIpc) is 2.78. The molecule has 0 saturated heterocycles. The maximum absolute atomic E-state index is 5.56. The summed E-state index contributed by atoms with van der Waals surface area (Å²) in [6.07, 6.45) is 0. The number of nitrogens with zero attached hydrogens (tertiary/aromatic N) is 5. The molecule has 0 aliphatic carbocycles. The predicted molar refractivity (Wildman–Crippen MR) is 83.0 cm³/mol. The molecule has 0 fully saturated rings. The van der Waals surface area contributed by atoms with Crippen molar-refractivity contribution in [1.82, 2.24) is 19.9 Å². The van der Waals surface area contributed by atoms with Crippen LogP contribution in [0.15, 0.2) is 14.8 Å². The molecular formula is C13H20N6OS. The predicted octanol–water partition coefficient (Wildman–Crippen LogP) is 2.52. The summed E-state index contributed by atoms with van der Waals surface area (Å²) in [6, 6.07) is 0. The van der Waals surface area contributed by atoms with Gasteiger partial charge in [-0.3, -0.25) is 0 Å². The molecule has 0 unspecified atom stereocenters. The Morgan fingerprint density at radius 1 is 1.10 bits per heavy atom. The summed E-state index contributed by atoms with van der Waals surface area (Å²) in [5, 5.41) is 4.07. The van der Waals surface area contributed by atoms with E-state index in [4.69, 9.17) is 4.42 Å². The van der Waals surface area contributed by atoms with Crippen LogP contribution in [0.3, 0.4) is 0 Å². The largest absolute Gasteiger partial charge is 0.436 e. The molecule has 0 aliphatic heterocycles. The molecule has 1 N–H and O–H groups in total. The first-order valence-electron chi connectivity index (χ1n) is 6.88. The fraction of sp³-hybridized carbons (Fsp3) is 0.538. The highest BCUT2D eigenvalue weighted by molar-refractivity contribution is 7.98. The molecule has 0 atom stereocenters. The van der Waals surface area contributed by atoms with Crippen LogP contribution in [0.1, 0.15) is 25.3 Å². The summed E-state index contributed by atoms with van der Waals surface area (Å²) >= 11 is 1.30. The van der Waals surface area contributed by atoms with Crippen molar-refractivity contribution >= 4 is 23.7 Å². The Balaban J connectivity index is 2.31. The van der Waals surface area contributed by atoms with Crippen LogP contribution in [0.2, 0.25) is 0 Å².